The van der Waals surface area contributed by atoms with Gasteiger partial charge in [-0.3, -0.25) is 0 Å². The molecule has 0 amide bonds. The fourth-order valence-corrected chi connectivity index (χ4v) is 2.11. The van der Waals surface area contributed by atoms with Crippen molar-refractivity contribution < 1.29 is 4.74 Å². The van der Waals surface area contributed by atoms with E-state index in [9.17, 15) is 4.79 Å². The lowest BCUT2D eigenvalue weighted by Gasteiger charge is -2.11. The highest BCUT2D eigenvalue weighted by Crippen LogP contribution is 2.27. The summed E-state index contributed by atoms with van der Waals surface area (Å²) in [5.74, 6) is 1.44. The zero-order chi connectivity index (χ0) is 15.5. The van der Waals surface area contributed by atoms with Gasteiger partial charge in [0, 0.05) is 6.20 Å². The number of hydrogen-bond donors (Lipinski definition) is 1. The minimum atomic E-state index is -0.339. The molecule has 0 saturated heterocycles. The Hall–Kier alpha value is -2.89. The maximum absolute atomic E-state index is 11.7. The van der Waals surface area contributed by atoms with Crippen molar-refractivity contribution >= 4 is 0 Å². The molecule has 6 nitrogen and oxygen atoms in total. The zero-order valence-electron chi connectivity index (χ0n) is 12.4. The van der Waals surface area contributed by atoms with Gasteiger partial charge in [-0.05, 0) is 35.7 Å². The third-order valence-electron chi connectivity index (χ3n) is 3.30. The van der Waals surface area contributed by atoms with E-state index in [2.05, 4.69) is 35.1 Å². The molecule has 1 N–H and O–H groups in total. The maximum Gasteiger partial charge on any atom is 0.347 e. The predicted octanol–water partition coefficient (Wildman–Crippen LogP) is 2.87. The maximum atomic E-state index is 11.7. The molecular formula is C16H16N4O2. The van der Waals surface area contributed by atoms with Gasteiger partial charge in [-0.15, -0.1) is 0 Å². The summed E-state index contributed by atoms with van der Waals surface area (Å²) in [6.07, 6.45) is 3.02. The first-order valence-corrected chi connectivity index (χ1v) is 7.00. The molecule has 3 aromatic rings. The van der Waals surface area contributed by atoms with E-state index in [-0.39, 0.29) is 5.69 Å². The number of rotatable bonds is 4. The number of nitrogens with one attached hydrogen (secondary N) is 1. The van der Waals surface area contributed by atoms with Crippen molar-refractivity contribution in [1.82, 2.24) is 19.7 Å². The Morgan fingerprint density at radius 3 is 2.82 bits per heavy atom. The Bertz CT molecular complexity index is 836. The van der Waals surface area contributed by atoms with Gasteiger partial charge in [0.15, 0.2) is 0 Å². The molecule has 0 aliphatic rings. The van der Waals surface area contributed by atoms with Gasteiger partial charge in [-0.1, -0.05) is 26.0 Å². The van der Waals surface area contributed by atoms with Crippen LogP contribution in [0.4, 0.5) is 0 Å². The van der Waals surface area contributed by atoms with Crippen molar-refractivity contribution in [2.24, 2.45) is 0 Å². The summed E-state index contributed by atoms with van der Waals surface area (Å²) in [7, 11) is 0. The van der Waals surface area contributed by atoms with Gasteiger partial charge in [-0.2, -0.15) is 5.10 Å². The first-order valence-electron chi connectivity index (χ1n) is 7.00. The van der Waals surface area contributed by atoms with Gasteiger partial charge >= 0.3 is 5.69 Å². The van der Waals surface area contributed by atoms with Crippen molar-refractivity contribution in [3.05, 3.63) is 65.0 Å². The quantitative estimate of drug-likeness (QED) is 0.803. The second-order valence-corrected chi connectivity index (χ2v) is 5.19. The standard InChI is InChI=1S/C16H16N4O2/c1-11(2)12-5-3-6-13(9-12)22-15-14(7-4-8-17-15)20-10-18-19-16(20)21/h3-11H,1-2H3,(H,19,21). The smallest absolute Gasteiger partial charge is 0.347 e. The monoisotopic (exact) mass is 296 g/mol. The fourth-order valence-electron chi connectivity index (χ4n) is 2.11. The Morgan fingerprint density at radius 1 is 1.23 bits per heavy atom. The first kappa shape index (κ1) is 14.1. The van der Waals surface area contributed by atoms with Crippen molar-refractivity contribution in [3.8, 4) is 17.3 Å². The molecule has 0 saturated carbocycles. The van der Waals surface area contributed by atoms with E-state index < -0.39 is 0 Å². The highest BCUT2D eigenvalue weighted by atomic mass is 16.5. The molecule has 0 radical (unpaired) electrons. The lowest BCUT2D eigenvalue weighted by Crippen LogP contribution is -2.15. The highest BCUT2D eigenvalue weighted by molar-refractivity contribution is 5.44. The molecule has 3 rings (SSSR count). The molecule has 0 unspecified atom stereocenters. The van der Waals surface area contributed by atoms with Crippen LogP contribution in [-0.4, -0.2) is 19.7 Å². The van der Waals surface area contributed by atoms with Crippen LogP contribution in [0, 0.1) is 0 Å². The molecule has 0 atom stereocenters. The van der Waals surface area contributed by atoms with E-state index in [0.29, 0.717) is 23.2 Å². The number of benzene rings is 1. The van der Waals surface area contributed by atoms with Gasteiger partial charge in [0.1, 0.15) is 17.8 Å². The van der Waals surface area contributed by atoms with Crippen LogP contribution < -0.4 is 10.4 Å². The van der Waals surface area contributed by atoms with E-state index in [1.54, 1.807) is 18.3 Å². The van der Waals surface area contributed by atoms with Crippen LogP contribution in [0.2, 0.25) is 0 Å². The molecular weight excluding hydrogens is 280 g/mol. The number of hydrogen-bond acceptors (Lipinski definition) is 4. The van der Waals surface area contributed by atoms with E-state index in [1.807, 2.05) is 18.2 Å². The van der Waals surface area contributed by atoms with Gasteiger partial charge < -0.3 is 4.74 Å². The summed E-state index contributed by atoms with van der Waals surface area (Å²) < 4.78 is 7.22. The summed E-state index contributed by atoms with van der Waals surface area (Å²) in [6, 6.07) is 11.3. The van der Waals surface area contributed by atoms with Crippen LogP contribution >= 0.6 is 0 Å². The molecule has 2 heterocycles. The van der Waals surface area contributed by atoms with Crippen LogP contribution in [0.1, 0.15) is 25.3 Å². The van der Waals surface area contributed by atoms with Crippen LogP contribution in [0.25, 0.3) is 5.69 Å². The molecule has 1 aromatic carbocycles. The Labute approximate surface area is 127 Å². The van der Waals surface area contributed by atoms with E-state index in [0.717, 1.165) is 0 Å². The minimum absolute atomic E-state index is 0.339. The van der Waals surface area contributed by atoms with Gasteiger partial charge in [-0.25, -0.2) is 19.4 Å². The van der Waals surface area contributed by atoms with Crippen LogP contribution in [0.3, 0.4) is 0 Å². The number of pyridine rings is 1. The molecule has 6 heteroatoms. The first-order chi connectivity index (χ1) is 10.6. The third kappa shape index (κ3) is 2.76. The topological polar surface area (TPSA) is 72.8 Å². The molecule has 0 fully saturated rings. The fraction of sp³-hybridized carbons (Fsp3) is 0.188. The normalized spacial score (nSPS) is 10.9. The van der Waals surface area contributed by atoms with Crippen molar-refractivity contribution in [3.63, 3.8) is 0 Å². The minimum Gasteiger partial charge on any atom is -0.437 e. The predicted molar refractivity (Wildman–Crippen MR) is 82.6 cm³/mol. The lowest BCUT2D eigenvalue weighted by molar-refractivity contribution is 0.458. The number of H-pyrrole nitrogens is 1. The lowest BCUT2D eigenvalue weighted by atomic mass is 10.0. The number of nitrogens with zero attached hydrogens (tertiary/aromatic N) is 3. The second-order valence-electron chi connectivity index (χ2n) is 5.19. The molecule has 22 heavy (non-hydrogen) atoms. The Kier molecular flexibility index (Phi) is 3.74. The van der Waals surface area contributed by atoms with Crippen molar-refractivity contribution in [1.29, 1.82) is 0 Å². The molecule has 0 bridgehead atoms. The largest absolute Gasteiger partial charge is 0.437 e. The second kappa shape index (κ2) is 5.85. The molecule has 2 aromatic heterocycles. The summed E-state index contributed by atoms with van der Waals surface area (Å²) in [6.45, 7) is 4.24. The van der Waals surface area contributed by atoms with Gasteiger partial charge in [0.25, 0.3) is 0 Å². The van der Waals surface area contributed by atoms with Crippen molar-refractivity contribution in [2.75, 3.05) is 0 Å². The average Bonchev–Trinajstić information content (AvgIpc) is 2.94. The molecule has 0 aliphatic carbocycles. The van der Waals surface area contributed by atoms with Crippen LogP contribution in [0.15, 0.2) is 53.7 Å². The highest BCUT2D eigenvalue weighted by Gasteiger charge is 2.11. The summed E-state index contributed by atoms with van der Waals surface area (Å²) in [5.41, 5.74) is 1.38. The summed E-state index contributed by atoms with van der Waals surface area (Å²) >= 11 is 0. The number of aromatic amines is 1. The molecule has 0 spiro atoms. The summed E-state index contributed by atoms with van der Waals surface area (Å²) in [5, 5.41) is 6.08. The Morgan fingerprint density at radius 2 is 2.09 bits per heavy atom. The number of ether oxygens (including phenoxy) is 1. The number of aromatic nitrogens is 4. The van der Waals surface area contributed by atoms with Crippen LogP contribution in [-0.2, 0) is 0 Å². The van der Waals surface area contributed by atoms with Gasteiger partial charge in [0.05, 0.1) is 0 Å². The van der Waals surface area contributed by atoms with Gasteiger partial charge in [0.2, 0.25) is 5.88 Å². The molecule has 0 aliphatic heterocycles. The molecule has 112 valence electrons. The SMILES string of the molecule is CC(C)c1cccc(Oc2ncccc2-n2cn[nH]c2=O)c1. The van der Waals surface area contributed by atoms with Crippen LogP contribution in [0.5, 0.6) is 11.6 Å². The third-order valence-corrected chi connectivity index (χ3v) is 3.30. The van der Waals surface area contributed by atoms with E-state index in [4.69, 9.17) is 4.74 Å². The Balaban J connectivity index is 1.99. The zero-order valence-corrected chi connectivity index (χ0v) is 12.4. The van der Waals surface area contributed by atoms with Crippen molar-refractivity contribution in [2.45, 2.75) is 19.8 Å². The summed E-state index contributed by atoms with van der Waals surface area (Å²) in [4.78, 5) is 16.0. The van der Waals surface area contributed by atoms with E-state index in [1.165, 1.54) is 16.5 Å². The van der Waals surface area contributed by atoms with E-state index >= 15 is 0 Å². The average molecular weight is 296 g/mol.